The summed E-state index contributed by atoms with van der Waals surface area (Å²) in [6.45, 7) is 7.51. The largest absolute Gasteiger partial charge is 0.446 e. The summed E-state index contributed by atoms with van der Waals surface area (Å²) in [4.78, 5) is 33.4. The van der Waals surface area contributed by atoms with Crippen LogP contribution in [0.5, 0.6) is 0 Å². The average molecular weight is 706 g/mol. The first kappa shape index (κ1) is 33.0. The quantitative estimate of drug-likeness (QED) is 0.225. The molecule has 16 heteroatoms. The number of piperidine rings is 1. The maximum absolute atomic E-state index is 13.0. The van der Waals surface area contributed by atoms with E-state index in [0.717, 1.165) is 80.2 Å². The summed E-state index contributed by atoms with van der Waals surface area (Å²) in [6, 6.07) is 0.0353. The van der Waals surface area contributed by atoms with Crippen molar-refractivity contribution in [2.45, 2.75) is 96.1 Å². The molecule has 0 radical (unpaired) electrons. The van der Waals surface area contributed by atoms with Crippen molar-refractivity contribution < 1.29 is 26.7 Å². The zero-order valence-electron chi connectivity index (χ0n) is 28.8. The molecule has 2 N–H and O–H groups in total. The molecule has 3 saturated carbocycles. The Kier molecular flexibility index (Phi) is 8.08. The highest BCUT2D eigenvalue weighted by Gasteiger charge is 2.54. The molecular weight excluding hydrogens is 662 g/mol. The third kappa shape index (κ3) is 6.09. The van der Waals surface area contributed by atoms with Crippen molar-refractivity contribution in [3.63, 3.8) is 0 Å². The number of fused-ring (bicyclic) bond motifs is 1. The molecule has 4 aromatic rings. The SMILES string of the molecule is Cc1nc(-c2c(-c3nn(C(C)C)c4ncnc(N)c34)noc2C2CC2)ncc1C1CCN(C(=O)OC2CC3(CC(COS(C)(=O)=O)C3)C2)CC1. The summed E-state index contributed by atoms with van der Waals surface area (Å²) in [6.07, 6.45) is 11.2. The minimum absolute atomic E-state index is 0.0353. The lowest BCUT2D eigenvalue weighted by Crippen LogP contribution is -2.53. The Hall–Kier alpha value is -4.18. The molecule has 0 unspecified atom stereocenters. The number of rotatable bonds is 9. The van der Waals surface area contributed by atoms with Crippen LogP contribution in [0.25, 0.3) is 33.8 Å². The van der Waals surface area contributed by atoms with Gasteiger partial charge in [0.1, 0.15) is 29.6 Å². The number of carbonyl (C=O) groups is 1. The lowest BCUT2D eigenvalue weighted by atomic mass is 9.51. The van der Waals surface area contributed by atoms with Gasteiger partial charge in [-0.2, -0.15) is 13.5 Å². The number of hydrogen-bond acceptors (Lipinski definition) is 13. The van der Waals surface area contributed by atoms with Crippen molar-refractivity contribution in [1.82, 2.24) is 39.8 Å². The summed E-state index contributed by atoms with van der Waals surface area (Å²) in [5.74, 6) is 2.34. The summed E-state index contributed by atoms with van der Waals surface area (Å²) >= 11 is 0. The van der Waals surface area contributed by atoms with Gasteiger partial charge in [0.05, 0.1) is 23.8 Å². The standard InChI is InChI=1S/C34H43N9O6S/c1-18(2)43-32-26(30(35)37-17-38-32)27(40-43)28-25(29(49-41-28)22-5-6-22)31-36-15-24(19(3)39-31)21-7-9-42(10-8-21)33(44)48-23-13-34(14-23)11-20(12-34)16-47-50(4,45)46/h15,17-18,20-23H,5-14,16H2,1-4H3,(H2,35,37,38). The summed E-state index contributed by atoms with van der Waals surface area (Å²) in [5, 5.41) is 10.0. The normalized spacial score (nSPS) is 24.1. The third-order valence-corrected chi connectivity index (χ3v) is 11.4. The molecule has 8 rings (SSSR count). The number of aromatic nitrogens is 7. The Balaban J connectivity index is 0.929. The lowest BCUT2D eigenvalue weighted by molar-refractivity contribution is -0.124. The molecule has 0 atom stereocenters. The van der Waals surface area contributed by atoms with E-state index in [4.69, 9.17) is 34.2 Å². The van der Waals surface area contributed by atoms with Gasteiger partial charge in [-0.15, -0.1) is 0 Å². The molecular formula is C34H43N9O6S. The Morgan fingerprint density at radius 1 is 1.06 bits per heavy atom. The minimum atomic E-state index is -3.42. The van der Waals surface area contributed by atoms with Gasteiger partial charge in [-0.1, -0.05) is 5.16 Å². The lowest BCUT2D eigenvalue weighted by Gasteiger charge is -2.57. The van der Waals surface area contributed by atoms with Crippen molar-refractivity contribution in [2.75, 3.05) is 31.7 Å². The van der Waals surface area contributed by atoms with Crippen LogP contribution in [0.3, 0.4) is 0 Å². The van der Waals surface area contributed by atoms with E-state index in [0.29, 0.717) is 47.2 Å². The van der Waals surface area contributed by atoms with Crippen molar-refractivity contribution in [1.29, 1.82) is 0 Å². The molecule has 1 amide bonds. The minimum Gasteiger partial charge on any atom is -0.446 e. The van der Waals surface area contributed by atoms with Crippen LogP contribution in [0, 0.1) is 18.3 Å². The second-order valence-electron chi connectivity index (χ2n) is 15.1. The van der Waals surface area contributed by atoms with Crippen molar-refractivity contribution in [3.8, 4) is 22.8 Å². The first-order valence-electron chi connectivity index (χ1n) is 17.5. The van der Waals surface area contributed by atoms with E-state index < -0.39 is 10.1 Å². The molecule has 0 bridgehead atoms. The van der Waals surface area contributed by atoms with E-state index in [1.54, 1.807) is 4.90 Å². The van der Waals surface area contributed by atoms with Crippen LogP contribution < -0.4 is 5.73 Å². The van der Waals surface area contributed by atoms with Crippen LogP contribution in [-0.2, 0) is 19.0 Å². The number of carbonyl (C=O) groups excluding carboxylic acids is 1. The van der Waals surface area contributed by atoms with Gasteiger partial charge in [-0.3, -0.25) is 4.18 Å². The van der Waals surface area contributed by atoms with Gasteiger partial charge in [0.25, 0.3) is 10.1 Å². The van der Waals surface area contributed by atoms with Gasteiger partial charge < -0.3 is 19.9 Å². The van der Waals surface area contributed by atoms with Crippen LogP contribution in [0.1, 0.15) is 100 Å². The molecule has 4 aliphatic rings. The van der Waals surface area contributed by atoms with Gasteiger partial charge in [0.15, 0.2) is 17.2 Å². The number of nitrogen functional groups attached to an aromatic ring is 1. The number of nitrogens with two attached hydrogens (primary N) is 1. The number of likely N-dealkylation sites (tertiary alicyclic amines) is 1. The third-order valence-electron chi connectivity index (χ3n) is 10.9. The number of anilines is 1. The molecule has 3 aliphatic carbocycles. The molecule has 4 aromatic heterocycles. The number of amides is 1. The molecule has 266 valence electrons. The van der Waals surface area contributed by atoms with Gasteiger partial charge in [-0.25, -0.2) is 29.4 Å². The molecule has 0 aromatic carbocycles. The highest BCUT2D eigenvalue weighted by molar-refractivity contribution is 7.85. The van der Waals surface area contributed by atoms with E-state index >= 15 is 0 Å². The Morgan fingerprint density at radius 3 is 2.46 bits per heavy atom. The van der Waals surface area contributed by atoms with E-state index in [-0.39, 0.29) is 48.0 Å². The van der Waals surface area contributed by atoms with Gasteiger partial charge in [0.2, 0.25) is 0 Å². The van der Waals surface area contributed by atoms with E-state index in [2.05, 4.69) is 15.1 Å². The zero-order chi connectivity index (χ0) is 34.9. The van der Waals surface area contributed by atoms with E-state index in [9.17, 15) is 13.2 Å². The zero-order valence-corrected chi connectivity index (χ0v) is 29.6. The Bertz CT molecular complexity index is 2050. The number of ether oxygens (including phenoxy) is 1. The fourth-order valence-corrected chi connectivity index (χ4v) is 8.68. The number of hydrogen-bond donors (Lipinski definition) is 1. The van der Waals surface area contributed by atoms with Gasteiger partial charge in [-0.05, 0) is 95.0 Å². The second kappa shape index (κ2) is 12.2. The summed E-state index contributed by atoms with van der Waals surface area (Å²) in [7, 11) is -3.42. The van der Waals surface area contributed by atoms with Crippen molar-refractivity contribution in [2.24, 2.45) is 11.3 Å². The molecule has 15 nitrogen and oxygen atoms in total. The first-order valence-corrected chi connectivity index (χ1v) is 19.3. The number of aryl methyl sites for hydroxylation is 1. The molecule has 1 saturated heterocycles. The monoisotopic (exact) mass is 705 g/mol. The van der Waals surface area contributed by atoms with E-state index in [1.165, 1.54) is 6.33 Å². The maximum atomic E-state index is 13.0. The summed E-state index contributed by atoms with van der Waals surface area (Å²) in [5.41, 5.74) is 10.9. The molecule has 5 heterocycles. The van der Waals surface area contributed by atoms with Crippen molar-refractivity contribution in [3.05, 3.63) is 29.5 Å². The molecule has 1 aliphatic heterocycles. The first-order chi connectivity index (χ1) is 23.9. The average Bonchev–Trinajstić information content (AvgIpc) is 3.66. The molecule has 4 fully saturated rings. The smallest absolute Gasteiger partial charge is 0.410 e. The predicted octanol–water partition coefficient (Wildman–Crippen LogP) is 5.14. The van der Waals surface area contributed by atoms with Crippen LogP contribution >= 0.6 is 0 Å². The highest BCUT2D eigenvalue weighted by atomic mass is 32.2. The number of nitrogens with zero attached hydrogens (tertiary/aromatic N) is 8. The van der Waals surface area contributed by atoms with E-state index in [1.807, 2.05) is 31.6 Å². The topological polar surface area (TPSA) is 194 Å². The summed E-state index contributed by atoms with van der Waals surface area (Å²) < 4.78 is 41.1. The van der Waals surface area contributed by atoms with Crippen LogP contribution in [-0.4, -0.2) is 86.3 Å². The molecule has 1 spiro atoms. The van der Waals surface area contributed by atoms with Gasteiger partial charge in [0, 0.05) is 36.9 Å². The fourth-order valence-electron chi connectivity index (χ4n) is 8.24. The predicted molar refractivity (Wildman–Crippen MR) is 182 cm³/mol. The van der Waals surface area contributed by atoms with Crippen LogP contribution in [0.15, 0.2) is 17.0 Å². The fraction of sp³-hybridized carbons (Fsp3) is 0.618. The Labute approximate surface area is 290 Å². The van der Waals surface area contributed by atoms with Crippen molar-refractivity contribution >= 4 is 33.1 Å². The van der Waals surface area contributed by atoms with Crippen LogP contribution in [0.2, 0.25) is 0 Å². The van der Waals surface area contributed by atoms with Gasteiger partial charge >= 0.3 is 6.09 Å². The molecule has 50 heavy (non-hydrogen) atoms. The van der Waals surface area contributed by atoms with Crippen LogP contribution in [0.4, 0.5) is 10.6 Å². The Morgan fingerprint density at radius 2 is 1.80 bits per heavy atom. The maximum Gasteiger partial charge on any atom is 0.410 e. The second-order valence-corrected chi connectivity index (χ2v) is 16.7. The highest BCUT2D eigenvalue weighted by Crippen LogP contribution is 2.59.